The molecule has 0 bridgehead atoms. The van der Waals surface area contributed by atoms with Crippen molar-refractivity contribution >= 4 is 56.5 Å². The van der Waals surface area contributed by atoms with Crippen LogP contribution in [-0.4, -0.2) is 39.7 Å². The van der Waals surface area contributed by atoms with Crippen molar-refractivity contribution in [3.05, 3.63) is 80.9 Å². The molecule has 0 aliphatic carbocycles. The Morgan fingerprint density at radius 3 is 2.54 bits per heavy atom. The summed E-state index contributed by atoms with van der Waals surface area (Å²) in [5.74, 6) is -0.236. The van der Waals surface area contributed by atoms with Gasteiger partial charge < -0.3 is 14.6 Å². The lowest BCUT2D eigenvalue weighted by molar-refractivity contribution is -0.127. The molecule has 0 atom stereocenters. The highest BCUT2D eigenvalue weighted by Gasteiger charge is 2.36. The largest absolute Gasteiger partial charge is 0.494 e. The Kier molecular flexibility index (Phi) is 7.47. The molecule has 7 nitrogen and oxygen atoms in total. The van der Waals surface area contributed by atoms with E-state index in [0.29, 0.717) is 22.9 Å². The number of halogens is 1. The number of ether oxygens (including phenoxy) is 1. The van der Waals surface area contributed by atoms with Crippen LogP contribution in [0.3, 0.4) is 0 Å². The topological polar surface area (TPSA) is 80.6 Å². The lowest BCUT2D eigenvalue weighted by atomic mass is 10.2. The van der Waals surface area contributed by atoms with Crippen molar-refractivity contribution < 1.29 is 19.1 Å². The number of anilines is 1. The molecule has 4 rings (SSSR count). The van der Waals surface area contributed by atoms with Crippen LogP contribution in [0.1, 0.15) is 23.9 Å². The molecule has 1 aromatic heterocycles. The molecule has 1 N–H and O–H groups in total. The zero-order valence-corrected chi connectivity index (χ0v) is 21.9. The lowest BCUT2D eigenvalue weighted by Crippen LogP contribution is -2.36. The van der Waals surface area contributed by atoms with Crippen molar-refractivity contribution in [1.82, 2.24) is 9.47 Å². The third kappa shape index (κ3) is 5.52. The zero-order valence-electron chi connectivity index (χ0n) is 19.5. The number of imide groups is 1. The molecule has 0 saturated carbocycles. The summed E-state index contributed by atoms with van der Waals surface area (Å²) in [4.78, 5) is 39.2. The van der Waals surface area contributed by atoms with Gasteiger partial charge in [-0.05, 0) is 92.7 Å². The van der Waals surface area contributed by atoms with Crippen LogP contribution in [0, 0.1) is 13.8 Å². The first-order chi connectivity index (χ1) is 16.8. The van der Waals surface area contributed by atoms with Crippen molar-refractivity contribution in [2.24, 2.45) is 0 Å². The van der Waals surface area contributed by atoms with Crippen LogP contribution in [0.25, 0.3) is 11.8 Å². The van der Waals surface area contributed by atoms with Gasteiger partial charge in [-0.1, -0.05) is 22.0 Å². The van der Waals surface area contributed by atoms with Gasteiger partial charge >= 0.3 is 0 Å². The maximum atomic E-state index is 12.9. The van der Waals surface area contributed by atoms with E-state index < -0.39 is 17.1 Å². The highest BCUT2D eigenvalue weighted by atomic mass is 79.9. The molecule has 0 radical (unpaired) electrons. The van der Waals surface area contributed by atoms with Crippen LogP contribution in [0.2, 0.25) is 0 Å². The number of aryl methyl sites for hydroxylation is 1. The maximum Gasteiger partial charge on any atom is 0.294 e. The standard InChI is InChI=1S/C26H24BrN3O4S/c1-4-34-22-10-8-20(9-11-22)28-24(31)15-29-25(32)23(35-26(29)33)13-18-12-16(2)30(17(18)3)21-7-5-6-19(27)14-21/h5-14H,4,15H2,1-3H3,(H,28,31)/b23-13+. The first-order valence-electron chi connectivity index (χ1n) is 11.0. The Bertz CT molecular complexity index is 1330. The molecule has 1 saturated heterocycles. The molecule has 9 heteroatoms. The molecule has 180 valence electrons. The van der Waals surface area contributed by atoms with Crippen LogP contribution in [0.5, 0.6) is 5.75 Å². The number of hydrogen-bond donors (Lipinski definition) is 1. The van der Waals surface area contributed by atoms with Gasteiger partial charge in [0.25, 0.3) is 11.1 Å². The molecule has 3 aromatic rings. The van der Waals surface area contributed by atoms with E-state index in [0.717, 1.165) is 43.8 Å². The van der Waals surface area contributed by atoms with Crippen LogP contribution in [-0.2, 0) is 9.59 Å². The Morgan fingerprint density at radius 2 is 1.86 bits per heavy atom. The van der Waals surface area contributed by atoms with Crippen molar-refractivity contribution in [3.63, 3.8) is 0 Å². The zero-order chi connectivity index (χ0) is 25.1. The minimum atomic E-state index is -0.478. The van der Waals surface area contributed by atoms with E-state index in [-0.39, 0.29) is 6.54 Å². The summed E-state index contributed by atoms with van der Waals surface area (Å²) >= 11 is 4.34. The van der Waals surface area contributed by atoms with Crippen LogP contribution >= 0.6 is 27.7 Å². The number of aromatic nitrogens is 1. The number of benzene rings is 2. The van der Waals surface area contributed by atoms with E-state index in [1.54, 1.807) is 30.3 Å². The molecule has 1 aliphatic rings. The average molecular weight is 554 g/mol. The fourth-order valence-electron chi connectivity index (χ4n) is 3.87. The molecule has 1 fully saturated rings. The number of nitrogens with one attached hydrogen (secondary N) is 1. The fourth-order valence-corrected chi connectivity index (χ4v) is 5.09. The molecular weight excluding hydrogens is 530 g/mol. The molecule has 3 amide bonds. The Balaban J connectivity index is 1.48. The number of thioether (sulfide) groups is 1. The highest BCUT2D eigenvalue weighted by Crippen LogP contribution is 2.34. The third-order valence-corrected chi connectivity index (χ3v) is 6.85. The van der Waals surface area contributed by atoms with Gasteiger partial charge in [0, 0.05) is 27.2 Å². The van der Waals surface area contributed by atoms with Gasteiger partial charge in [-0.2, -0.15) is 0 Å². The number of carbonyl (C=O) groups is 3. The van der Waals surface area contributed by atoms with Crippen molar-refractivity contribution in [2.45, 2.75) is 20.8 Å². The van der Waals surface area contributed by atoms with Gasteiger partial charge in [0.1, 0.15) is 12.3 Å². The maximum absolute atomic E-state index is 12.9. The first-order valence-corrected chi connectivity index (χ1v) is 12.6. The molecule has 0 unspecified atom stereocenters. The normalized spacial score (nSPS) is 14.6. The molecule has 2 aromatic carbocycles. The SMILES string of the molecule is CCOc1ccc(NC(=O)CN2C(=O)S/C(=C/c3cc(C)n(-c4cccc(Br)c4)c3C)C2=O)cc1. The summed E-state index contributed by atoms with van der Waals surface area (Å²) < 4.78 is 8.44. The minimum Gasteiger partial charge on any atom is -0.494 e. The summed E-state index contributed by atoms with van der Waals surface area (Å²) in [7, 11) is 0. The summed E-state index contributed by atoms with van der Waals surface area (Å²) in [5, 5.41) is 2.24. The van der Waals surface area contributed by atoms with Gasteiger partial charge in [-0.3, -0.25) is 19.3 Å². The quantitative estimate of drug-likeness (QED) is 0.366. The molecule has 2 heterocycles. The molecule has 1 aliphatic heterocycles. The number of rotatable bonds is 7. The van der Waals surface area contributed by atoms with Crippen molar-refractivity contribution in [3.8, 4) is 11.4 Å². The van der Waals surface area contributed by atoms with E-state index in [9.17, 15) is 14.4 Å². The van der Waals surface area contributed by atoms with Crippen LogP contribution in [0.15, 0.2) is 64.0 Å². The van der Waals surface area contributed by atoms with Gasteiger partial charge in [-0.15, -0.1) is 0 Å². The average Bonchev–Trinajstić information content (AvgIpc) is 3.24. The third-order valence-electron chi connectivity index (χ3n) is 5.45. The second-order valence-electron chi connectivity index (χ2n) is 7.92. The second kappa shape index (κ2) is 10.5. The Morgan fingerprint density at radius 1 is 1.11 bits per heavy atom. The number of nitrogens with zero attached hydrogens (tertiary/aromatic N) is 2. The summed E-state index contributed by atoms with van der Waals surface area (Å²) in [6.07, 6.45) is 1.71. The summed E-state index contributed by atoms with van der Waals surface area (Å²) in [6, 6.07) is 16.8. The second-order valence-corrected chi connectivity index (χ2v) is 9.82. The first kappa shape index (κ1) is 24.8. The summed E-state index contributed by atoms with van der Waals surface area (Å²) in [5.41, 5.74) is 4.34. The van der Waals surface area contributed by atoms with Crippen LogP contribution in [0.4, 0.5) is 10.5 Å². The van der Waals surface area contributed by atoms with Crippen LogP contribution < -0.4 is 10.1 Å². The smallest absolute Gasteiger partial charge is 0.294 e. The number of amides is 3. The predicted molar refractivity (Wildman–Crippen MR) is 142 cm³/mol. The lowest BCUT2D eigenvalue weighted by Gasteiger charge is -2.12. The van der Waals surface area contributed by atoms with Gasteiger partial charge in [-0.25, -0.2) is 0 Å². The van der Waals surface area contributed by atoms with E-state index in [2.05, 4.69) is 25.8 Å². The summed E-state index contributed by atoms with van der Waals surface area (Å²) in [6.45, 7) is 6.04. The Hall–Kier alpha value is -3.30. The fraction of sp³-hybridized carbons (Fsp3) is 0.192. The number of carbonyl (C=O) groups excluding carboxylic acids is 3. The van der Waals surface area contributed by atoms with Crippen molar-refractivity contribution in [2.75, 3.05) is 18.5 Å². The Labute approximate surface area is 216 Å². The van der Waals surface area contributed by atoms with E-state index in [1.807, 2.05) is 51.1 Å². The number of hydrogen-bond acceptors (Lipinski definition) is 5. The minimum absolute atomic E-state index is 0.290. The highest BCUT2D eigenvalue weighted by molar-refractivity contribution is 9.10. The van der Waals surface area contributed by atoms with E-state index in [1.165, 1.54) is 0 Å². The van der Waals surface area contributed by atoms with Gasteiger partial charge in [0.05, 0.1) is 11.5 Å². The monoisotopic (exact) mass is 553 g/mol. The molecule has 35 heavy (non-hydrogen) atoms. The van der Waals surface area contributed by atoms with Gasteiger partial charge in [0.2, 0.25) is 5.91 Å². The van der Waals surface area contributed by atoms with E-state index >= 15 is 0 Å². The van der Waals surface area contributed by atoms with E-state index in [4.69, 9.17) is 4.74 Å². The van der Waals surface area contributed by atoms with Gasteiger partial charge in [0.15, 0.2) is 0 Å². The predicted octanol–water partition coefficient (Wildman–Crippen LogP) is 5.93. The molecule has 0 spiro atoms. The molecular formula is C26H24BrN3O4S. The van der Waals surface area contributed by atoms with Crippen molar-refractivity contribution in [1.29, 1.82) is 0 Å².